The molecule has 1 atom stereocenters. The highest BCUT2D eigenvalue weighted by atomic mass is 35.5. The molecule has 0 aromatic carbocycles. The molecule has 1 saturated heterocycles. The van der Waals surface area contributed by atoms with Crippen LogP contribution in [-0.2, 0) is 11.3 Å². The summed E-state index contributed by atoms with van der Waals surface area (Å²) in [5, 5.41) is 3.54. The van der Waals surface area contributed by atoms with Crippen molar-refractivity contribution in [2.24, 2.45) is 0 Å². The molecule has 2 rings (SSSR count). The van der Waals surface area contributed by atoms with Gasteiger partial charge in [0.05, 0.1) is 11.2 Å². The number of hydrogen-bond acceptors (Lipinski definition) is 4. The number of thiazole rings is 1. The van der Waals surface area contributed by atoms with Crippen molar-refractivity contribution >= 4 is 22.9 Å². The van der Waals surface area contributed by atoms with Gasteiger partial charge >= 0.3 is 0 Å². The summed E-state index contributed by atoms with van der Waals surface area (Å²) in [6, 6.07) is 0.360. The summed E-state index contributed by atoms with van der Waals surface area (Å²) in [5.74, 6) is 0. The summed E-state index contributed by atoms with van der Waals surface area (Å²) in [6.45, 7) is 9.36. The van der Waals surface area contributed by atoms with E-state index in [2.05, 4.69) is 38.0 Å². The standard InChI is InChI=1S/C12H19ClN2OS/c1-11(2)5-9(12(3,4)16-11)14-6-8-7-15-10(13)17-8/h7,9,14H,5-6H2,1-4H3. The maximum Gasteiger partial charge on any atom is 0.183 e. The first kappa shape index (κ1) is 13.3. The second-order valence-electron chi connectivity index (χ2n) is 5.68. The molecule has 5 heteroatoms. The average Bonchev–Trinajstić information content (AvgIpc) is 2.64. The van der Waals surface area contributed by atoms with Crippen LogP contribution in [0.1, 0.15) is 39.0 Å². The van der Waals surface area contributed by atoms with Crippen molar-refractivity contribution in [2.75, 3.05) is 0 Å². The summed E-state index contributed by atoms with van der Waals surface area (Å²) >= 11 is 7.33. The first-order valence-corrected chi connectivity index (χ1v) is 7.02. The Balaban J connectivity index is 1.95. The van der Waals surface area contributed by atoms with E-state index in [-0.39, 0.29) is 11.2 Å². The van der Waals surface area contributed by atoms with Crippen molar-refractivity contribution in [1.82, 2.24) is 10.3 Å². The molecule has 0 bridgehead atoms. The lowest BCUT2D eigenvalue weighted by molar-refractivity contribution is -0.0699. The Morgan fingerprint density at radius 2 is 2.24 bits per heavy atom. The molecule has 1 aromatic rings. The van der Waals surface area contributed by atoms with E-state index in [9.17, 15) is 0 Å². The van der Waals surface area contributed by atoms with Crippen molar-refractivity contribution in [3.8, 4) is 0 Å². The number of nitrogens with zero attached hydrogens (tertiary/aromatic N) is 1. The summed E-state index contributed by atoms with van der Waals surface area (Å²) < 4.78 is 6.64. The zero-order valence-corrected chi connectivity index (χ0v) is 12.3. The fourth-order valence-corrected chi connectivity index (χ4v) is 3.40. The molecule has 0 saturated carbocycles. The minimum atomic E-state index is -0.127. The second kappa shape index (κ2) is 4.50. The summed E-state index contributed by atoms with van der Waals surface area (Å²) in [5.41, 5.74) is -0.176. The molecule has 1 aliphatic rings. The van der Waals surface area contributed by atoms with Crippen LogP contribution in [0.15, 0.2) is 6.20 Å². The lowest BCUT2D eigenvalue weighted by Crippen LogP contribution is -2.42. The van der Waals surface area contributed by atoms with Crippen LogP contribution in [0.25, 0.3) is 0 Å². The van der Waals surface area contributed by atoms with Gasteiger partial charge in [0.15, 0.2) is 4.47 Å². The van der Waals surface area contributed by atoms with Gasteiger partial charge in [0.2, 0.25) is 0 Å². The Labute approximate surface area is 112 Å². The Kier molecular flexibility index (Phi) is 3.51. The molecule has 1 fully saturated rings. The maximum atomic E-state index is 6.04. The first-order valence-electron chi connectivity index (χ1n) is 5.82. The highest BCUT2D eigenvalue weighted by Gasteiger charge is 2.45. The van der Waals surface area contributed by atoms with E-state index in [1.165, 1.54) is 11.3 Å². The predicted octanol–water partition coefficient (Wildman–Crippen LogP) is 3.23. The van der Waals surface area contributed by atoms with Crippen LogP contribution in [0, 0.1) is 0 Å². The Hall–Kier alpha value is -0.160. The van der Waals surface area contributed by atoms with E-state index in [4.69, 9.17) is 16.3 Å². The SMILES string of the molecule is CC1(C)CC(NCc2cnc(Cl)s2)C(C)(C)O1. The Morgan fingerprint density at radius 1 is 1.53 bits per heavy atom. The first-order chi connectivity index (χ1) is 7.78. The lowest BCUT2D eigenvalue weighted by Gasteiger charge is -2.27. The highest BCUT2D eigenvalue weighted by molar-refractivity contribution is 7.15. The van der Waals surface area contributed by atoms with Crippen LogP contribution >= 0.6 is 22.9 Å². The summed E-state index contributed by atoms with van der Waals surface area (Å²) in [6.07, 6.45) is 2.85. The van der Waals surface area contributed by atoms with Gasteiger partial charge in [-0.25, -0.2) is 4.98 Å². The van der Waals surface area contributed by atoms with E-state index in [0.717, 1.165) is 17.8 Å². The summed E-state index contributed by atoms with van der Waals surface area (Å²) in [7, 11) is 0. The third-order valence-corrected chi connectivity index (χ3v) is 4.24. The zero-order chi connectivity index (χ0) is 12.7. The van der Waals surface area contributed by atoms with Crippen molar-refractivity contribution in [3.63, 3.8) is 0 Å². The van der Waals surface area contributed by atoms with Crippen molar-refractivity contribution in [2.45, 2.75) is 57.9 Å². The fourth-order valence-electron chi connectivity index (χ4n) is 2.47. The van der Waals surface area contributed by atoms with Crippen molar-refractivity contribution in [1.29, 1.82) is 0 Å². The average molecular weight is 275 g/mol. The van der Waals surface area contributed by atoms with Crippen molar-refractivity contribution < 1.29 is 4.74 Å². The van der Waals surface area contributed by atoms with Crippen LogP contribution in [0.4, 0.5) is 0 Å². The van der Waals surface area contributed by atoms with Gasteiger partial charge in [-0.3, -0.25) is 0 Å². The smallest absolute Gasteiger partial charge is 0.183 e. The molecule has 1 unspecified atom stereocenters. The minimum Gasteiger partial charge on any atom is -0.368 e. The third-order valence-electron chi connectivity index (χ3n) is 3.12. The minimum absolute atomic E-state index is 0.0491. The lowest BCUT2D eigenvalue weighted by atomic mass is 9.94. The third kappa shape index (κ3) is 3.19. The van der Waals surface area contributed by atoms with Gasteiger partial charge in [-0.15, -0.1) is 11.3 Å². The maximum absolute atomic E-state index is 6.04. The van der Waals surface area contributed by atoms with Crippen molar-refractivity contribution in [3.05, 3.63) is 15.5 Å². The molecule has 0 radical (unpaired) electrons. The number of halogens is 1. The number of hydrogen-bond donors (Lipinski definition) is 1. The molecule has 1 aromatic heterocycles. The number of rotatable bonds is 3. The van der Waals surface area contributed by atoms with Crippen LogP contribution in [0.3, 0.4) is 0 Å². The molecule has 17 heavy (non-hydrogen) atoms. The fraction of sp³-hybridized carbons (Fsp3) is 0.750. The van der Waals surface area contributed by atoms with Gasteiger partial charge in [-0.05, 0) is 34.1 Å². The largest absolute Gasteiger partial charge is 0.368 e. The van der Waals surface area contributed by atoms with Gasteiger partial charge in [-0.1, -0.05) is 11.6 Å². The molecular formula is C12H19ClN2OS. The quantitative estimate of drug-likeness (QED) is 0.919. The number of ether oxygens (including phenoxy) is 1. The van der Waals surface area contributed by atoms with Crippen LogP contribution in [-0.4, -0.2) is 22.2 Å². The van der Waals surface area contributed by atoms with Gasteiger partial charge in [0.25, 0.3) is 0 Å². The molecule has 2 heterocycles. The van der Waals surface area contributed by atoms with E-state index in [1.54, 1.807) is 0 Å². The molecule has 1 aliphatic heterocycles. The van der Waals surface area contributed by atoms with E-state index in [0.29, 0.717) is 10.5 Å². The molecule has 0 spiro atoms. The Bertz CT molecular complexity index is 403. The molecule has 0 amide bonds. The summed E-state index contributed by atoms with van der Waals surface area (Å²) in [4.78, 5) is 5.20. The molecule has 0 aliphatic carbocycles. The molecule has 3 nitrogen and oxygen atoms in total. The second-order valence-corrected chi connectivity index (χ2v) is 7.38. The number of nitrogens with one attached hydrogen (secondary N) is 1. The molecule has 96 valence electrons. The monoisotopic (exact) mass is 274 g/mol. The van der Waals surface area contributed by atoms with E-state index >= 15 is 0 Å². The van der Waals surface area contributed by atoms with E-state index < -0.39 is 0 Å². The zero-order valence-electron chi connectivity index (χ0n) is 10.7. The van der Waals surface area contributed by atoms with Gasteiger partial charge in [0, 0.05) is 23.7 Å². The molecule has 1 N–H and O–H groups in total. The highest BCUT2D eigenvalue weighted by Crippen LogP contribution is 2.37. The van der Waals surface area contributed by atoms with Gasteiger partial charge < -0.3 is 10.1 Å². The van der Waals surface area contributed by atoms with Gasteiger partial charge in [-0.2, -0.15) is 0 Å². The number of aromatic nitrogens is 1. The topological polar surface area (TPSA) is 34.2 Å². The van der Waals surface area contributed by atoms with Crippen LogP contribution in [0.5, 0.6) is 0 Å². The Morgan fingerprint density at radius 3 is 2.71 bits per heavy atom. The normalized spacial score (nSPS) is 26.3. The van der Waals surface area contributed by atoms with Crippen LogP contribution in [0.2, 0.25) is 4.47 Å². The predicted molar refractivity (Wildman–Crippen MR) is 71.6 cm³/mol. The van der Waals surface area contributed by atoms with Crippen LogP contribution < -0.4 is 5.32 Å². The van der Waals surface area contributed by atoms with Gasteiger partial charge in [0.1, 0.15) is 0 Å². The molecular weight excluding hydrogens is 256 g/mol. The van der Waals surface area contributed by atoms with E-state index in [1.807, 2.05) is 6.20 Å².